The summed E-state index contributed by atoms with van der Waals surface area (Å²) in [6, 6.07) is 6.80. The molecule has 0 radical (unpaired) electrons. The number of benzene rings is 1. The summed E-state index contributed by atoms with van der Waals surface area (Å²) in [5.74, 6) is 0. The van der Waals surface area contributed by atoms with Crippen LogP contribution in [0.1, 0.15) is 18.1 Å². The molecule has 3 heteroatoms. The summed E-state index contributed by atoms with van der Waals surface area (Å²) >= 11 is 3.49. The zero-order valence-corrected chi connectivity index (χ0v) is 11.1. The van der Waals surface area contributed by atoms with Crippen LogP contribution in [-0.2, 0) is 11.3 Å². The highest BCUT2D eigenvalue weighted by atomic mass is 79.9. The number of hydrogen-bond acceptors (Lipinski definition) is 2. The molecule has 0 saturated carbocycles. The van der Waals surface area contributed by atoms with E-state index in [-0.39, 0.29) is 0 Å². The van der Waals surface area contributed by atoms with Gasteiger partial charge in [0.05, 0.1) is 6.61 Å². The van der Waals surface area contributed by atoms with Crippen molar-refractivity contribution in [1.82, 2.24) is 5.32 Å². The molecule has 0 saturated heterocycles. The van der Waals surface area contributed by atoms with Crippen molar-refractivity contribution in [2.45, 2.75) is 26.4 Å². The Morgan fingerprint density at radius 1 is 1.47 bits per heavy atom. The fraction of sp³-hybridized carbons (Fsp3) is 0.500. The summed E-state index contributed by atoms with van der Waals surface area (Å²) < 4.78 is 6.23. The van der Waals surface area contributed by atoms with Gasteiger partial charge < -0.3 is 10.1 Å². The van der Waals surface area contributed by atoms with E-state index in [1.807, 2.05) is 0 Å². The Labute approximate surface area is 100 Å². The quantitative estimate of drug-likeness (QED) is 0.890. The van der Waals surface area contributed by atoms with Crippen LogP contribution in [-0.4, -0.2) is 19.8 Å². The molecule has 1 rings (SSSR count). The van der Waals surface area contributed by atoms with Gasteiger partial charge in [-0.2, -0.15) is 0 Å². The zero-order chi connectivity index (χ0) is 11.3. The van der Waals surface area contributed by atoms with Crippen molar-refractivity contribution in [1.29, 1.82) is 0 Å². The van der Waals surface area contributed by atoms with Gasteiger partial charge in [0.25, 0.3) is 0 Å². The largest absolute Gasteiger partial charge is 0.383 e. The first-order chi connectivity index (χ1) is 7.13. The Kier molecular flexibility index (Phi) is 5.29. The summed E-state index contributed by atoms with van der Waals surface area (Å²) in [7, 11) is 1.72. The number of methoxy groups -OCH3 is 1. The lowest BCUT2D eigenvalue weighted by Crippen LogP contribution is -2.29. The topological polar surface area (TPSA) is 21.3 Å². The highest BCUT2D eigenvalue weighted by Gasteiger charge is 2.01. The number of ether oxygens (including phenoxy) is 1. The SMILES string of the molecule is COC[C@@H](C)NCc1ccc(Br)c(C)c1. The van der Waals surface area contributed by atoms with Crippen LogP contribution in [0.3, 0.4) is 0 Å². The van der Waals surface area contributed by atoms with Crippen LogP contribution in [0.25, 0.3) is 0 Å². The number of aryl methyl sites for hydroxylation is 1. The molecule has 0 aromatic heterocycles. The van der Waals surface area contributed by atoms with Crippen molar-refractivity contribution in [2.75, 3.05) is 13.7 Å². The molecular formula is C12H18BrNO. The van der Waals surface area contributed by atoms with E-state index >= 15 is 0 Å². The summed E-state index contributed by atoms with van der Waals surface area (Å²) in [6.07, 6.45) is 0. The van der Waals surface area contributed by atoms with E-state index in [1.54, 1.807) is 7.11 Å². The fourth-order valence-electron chi connectivity index (χ4n) is 1.42. The van der Waals surface area contributed by atoms with E-state index in [1.165, 1.54) is 11.1 Å². The molecule has 1 atom stereocenters. The van der Waals surface area contributed by atoms with Gasteiger partial charge in [-0.05, 0) is 31.0 Å². The highest BCUT2D eigenvalue weighted by molar-refractivity contribution is 9.10. The third-order valence-corrected chi connectivity index (χ3v) is 3.18. The summed E-state index contributed by atoms with van der Waals surface area (Å²) in [5, 5.41) is 3.41. The Morgan fingerprint density at radius 3 is 2.80 bits per heavy atom. The van der Waals surface area contributed by atoms with Crippen molar-refractivity contribution in [3.8, 4) is 0 Å². The summed E-state index contributed by atoms with van der Waals surface area (Å²) in [6.45, 7) is 5.86. The van der Waals surface area contributed by atoms with E-state index < -0.39 is 0 Å². The molecule has 0 fully saturated rings. The molecule has 0 amide bonds. The van der Waals surface area contributed by atoms with Gasteiger partial charge in [-0.15, -0.1) is 0 Å². The van der Waals surface area contributed by atoms with Gasteiger partial charge in [-0.1, -0.05) is 28.1 Å². The minimum atomic E-state index is 0.388. The second kappa shape index (κ2) is 6.26. The minimum Gasteiger partial charge on any atom is -0.383 e. The monoisotopic (exact) mass is 271 g/mol. The van der Waals surface area contributed by atoms with Crippen molar-refractivity contribution in [3.63, 3.8) is 0 Å². The number of halogens is 1. The van der Waals surface area contributed by atoms with E-state index in [0.717, 1.165) is 17.6 Å². The lowest BCUT2D eigenvalue weighted by Gasteiger charge is -2.13. The highest BCUT2D eigenvalue weighted by Crippen LogP contribution is 2.16. The Bertz CT molecular complexity index is 314. The average molecular weight is 272 g/mol. The normalized spacial score (nSPS) is 12.8. The van der Waals surface area contributed by atoms with Gasteiger partial charge in [-0.3, -0.25) is 0 Å². The van der Waals surface area contributed by atoms with E-state index in [0.29, 0.717) is 6.04 Å². The van der Waals surface area contributed by atoms with Crippen molar-refractivity contribution >= 4 is 15.9 Å². The Balaban J connectivity index is 2.47. The molecule has 0 aliphatic heterocycles. The molecule has 0 unspecified atom stereocenters. The van der Waals surface area contributed by atoms with Gasteiger partial charge in [-0.25, -0.2) is 0 Å². The molecule has 84 valence electrons. The third kappa shape index (κ3) is 4.33. The molecule has 0 spiro atoms. The zero-order valence-electron chi connectivity index (χ0n) is 9.51. The molecule has 0 bridgehead atoms. The molecule has 15 heavy (non-hydrogen) atoms. The molecular weight excluding hydrogens is 254 g/mol. The van der Waals surface area contributed by atoms with Gasteiger partial charge in [0.15, 0.2) is 0 Å². The van der Waals surface area contributed by atoms with Gasteiger partial charge in [0.2, 0.25) is 0 Å². The lowest BCUT2D eigenvalue weighted by molar-refractivity contribution is 0.171. The predicted molar refractivity (Wildman–Crippen MR) is 67.1 cm³/mol. The maximum absolute atomic E-state index is 5.06. The summed E-state index contributed by atoms with van der Waals surface area (Å²) in [4.78, 5) is 0. The van der Waals surface area contributed by atoms with E-state index in [4.69, 9.17) is 4.74 Å². The van der Waals surface area contributed by atoms with Crippen molar-refractivity contribution in [2.24, 2.45) is 0 Å². The minimum absolute atomic E-state index is 0.388. The van der Waals surface area contributed by atoms with Crippen LogP contribution in [0.2, 0.25) is 0 Å². The van der Waals surface area contributed by atoms with E-state index in [9.17, 15) is 0 Å². The Morgan fingerprint density at radius 2 is 2.20 bits per heavy atom. The lowest BCUT2D eigenvalue weighted by atomic mass is 10.1. The second-order valence-corrected chi connectivity index (χ2v) is 4.68. The van der Waals surface area contributed by atoms with Crippen LogP contribution in [0.4, 0.5) is 0 Å². The van der Waals surface area contributed by atoms with Gasteiger partial charge in [0.1, 0.15) is 0 Å². The smallest absolute Gasteiger partial charge is 0.0613 e. The molecule has 1 N–H and O–H groups in total. The van der Waals surface area contributed by atoms with Crippen LogP contribution in [0.5, 0.6) is 0 Å². The van der Waals surface area contributed by atoms with Gasteiger partial charge in [0, 0.05) is 24.2 Å². The maximum atomic E-state index is 5.06. The predicted octanol–water partition coefficient (Wildman–Crippen LogP) is 2.88. The molecule has 0 aliphatic carbocycles. The maximum Gasteiger partial charge on any atom is 0.0613 e. The fourth-order valence-corrected chi connectivity index (χ4v) is 1.66. The molecule has 2 nitrogen and oxygen atoms in total. The van der Waals surface area contributed by atoms with Crippen molar-refractivity contribution < 1.29 is 4.74 Å². The first kappa shape index (κ1) is 12.7. The third-order valence-electron chi connectivity index (χ3n) is 2.29. The molecule has 0 heterocycles. The first-order valence-electron chi connectivity index (χ1n) is 5.11. The van der Waals surface area contributed by atoms with Gasteiger partial charge >= 0.3 is 0 Å². The van der Waals surface area contributed by atoms with Crippen LogP contribution in [0, 0.1) is 6.92 Å². The number of hydrogen-bond donors (Lipinski definition) is 1. The second-order valence-electron chi connectivity index (χ2n) is 3.82. The van der Waals surface area contributed by atoms with Crippen LogP contribution < -0.4 is 5.32 Å². The van der Waals surface area contributed by atoms with E-state index in [2.05, 4.69) is 53.3 Å². The first-order valence-corrected chi connectivity index (χ1v) is 5.90. The summed E-state index contributed by atoms with van der Waals surface area (Å²) in [5.41, 5.74) is 2.58. The van der Waals surface area contributed by atoms with Crippen LogP contribution in [0.15, 0.2) is 22.7 Å². The Hall–Kier alpha value is -0.380. The molecule has 1 aromatic rings. The standard InChI is InChI=1S/C12H18BrNO/c1-9-6-11(4-5-12(9)13)7-14-10(2)8-15-3/h4-6,10,14H,7-8H2,1-3H3/t10-/m1/s1. The van der Waals surface area contributed by atoms with Crippen molar-refractivity contribution in [3.05, 3.63) is 33.8 Å². The molecule has 0 aliphatic rings. The average Bonchev–Trinajstić information content (AvgIpc) is 2.20. The number of rotatable bonds is 5. The number of nitrogens with one attached hydrogen (secondary N) is 1. The van der Waals surface area contributed by atoms with Crippen LogP contribution >= 0.6 is 15.9 Å². The molecule has 1 aromatic carbocycles.